The molecule has 0 aromatic heterocycles. The second kappa shape index (κ2) is 6.25. The van der Waals surface area contributed by atoms with E-state index in [4.69, 9.17) is 0 Å². The van der Waals surface area contributed by atoms with E-state index in [2.05, 4.69) is 20.4 Å². The Morgan fingerprint density at radius 1 is 1.10 bits per heavy atom. The van der Waals surface area contributed by atoms with Crippen LogP contribution in [-0.4, -0.2) is 47.8 Å². The third-order valence-corrected chi connectivity index (χ3v) is 4.56. The molecule has 2 aliphatic heterocycles. The standard InChI is InChI=1S/C16H24N2O2/c1-4-15(19)17-9-6-14(7-10-17)16(20)18-8-5-12(2)13(3)11-18/h4,14H,1,5-11H2,2-3H3. The molecule has 0 aromatic carbocycles. The van der Waals surface area contributed by atoms with Crippen molar-refractivity contribution in [3.05, 3.63) is 23.8 Å². The predicted molar refractivity (Wildman–Crippen MR) is 79.1 cm³/mol. The van der Waals surface area contributed by atoms with Crippen molar-refractivity contribution in [2.45, 2.75) is 33.1 Å². The number of hydrogen-bond donors (Lipinski definition) is 0. The SMILES string of the molecule is C=CC(=O)N1CCC(C(=O)N2CCC(C)=C(C)C2)CC1. The van der Waals surface area contributed by atoms with Crippen LogP contribution >= 0.6 is 0 Å². The average molecular weight is 276 g/mol. The molecule has 4 nitrogen and oxygen atoms in total. The fourth-order valence-electron chi connectivity index (χ4n) is 2.94. The zero-order valence-electron chi connectivity index (χ0n) is 12.5. The van der Waals surface area contributed by atoms with Gasteiger partial charge in [-0.25, -0.2) is 0 Å². The van der Waals surface area contributed by atoms with Crippen LogP contribution in [0.15, 0.2) is 23.8 Å². The van der Waals surface area contributed by atoms with Crippen molar-refractivity contribution in [1.82, 2.24) is 9.80 Å². The zero-order chi connectivity index (χ0) is 14.7. The molecule has 4 heteroatoms. The van der Waals surface area contributed by atoms with E-state index in [0.29, 0.717) is 13.1 Å². The summed E-state index contributed by atoms with van der Waals surface area (Å²) in [6.45, 7) is 10.7. The first-order chi connectivity index (χ1) is 9.52. The van der Waals surface area contributed by atoms with Gasteiger partial charge in [0.25, 0.3) is 0 Å². The first-order valence-electron chi connectivity index (χ1n) is 7.38. The smallest absolute Gasteiger partial charge is 0.245 e. The van der Waals surface area contributed by atoms with Crippen molar-refractivity contribution in [3.8, 4) is 0 Å². The molecule has 0 spiro atoms. The summed E-state index contributed by atoms with van der Waals surface area (Å²) in [4.78, 5) is 27.8. The first-order valence-corrected chi connectivity index (χ1v) is 7.38. The molecule has 0 radical (unpaired) electrons. The molecule has 0 unspecified atom stereocenters. The van der Waals surface area contributed by atoms with E-state index in [1.807, 2.05) is 4.90 Å². The molecule has 2 amide bonds. The maximum atomic E-state index is 12.5. The van der Waals surface area contributed by atoms with Crippen LogP contribution in [0.3, 0.4) is 0 Å². The van der Waals surface area contributed by atoms with E-state index in [-0.39, 0.29) is 17.7 Å². The lowest BCUT2D eigenvalue weighted by Gasteiger charge is -2.35. The van der Waals surface area contributed by atoms with E-state index in [1.165, 1.54) is 17.2 Å². The molecule has 0 aliphatic carbocycles. The van der Waals surface area contributed by atoms with Gasteiger partial charge in [0, 0.05) is 32.1 Å². The Labute approximate surface area is 121 Å². The third kappa shape index (κ3) is 3.11. The highest BCUT2D eigenvalue weighted by molar-refractivity contribution is 5.87. The lowest BCUT2D eigenvalue weighted by molar-refractivity contribution is -0.139. The van der Waals surface area contributed by atoms with Crippen molar-refractivity contribution in [2.75, 3.05) is 26.2 Å². The molecular weight excluding hydrogens is 252 g/mol. The number of rotatable bonds is 2. The number of piperidine rings is 1. The van der Waals surface area contributed by atoms with Gasteiger partial charge in [0.2, 0.25) is 11.8 Å². The summed E-state index contributed by atoms with van der Waals surface area (Å²) in [6.07, 6.45) is 3.89. The fourth-order valence-corrected chi connectivity index (χ4v) is 2.94. The van der Waals surface area contributed by atoms with E-state index in [1.54, 1.807) is 4.90 Å². The van der Waals surface area contributed by atoms with Crippen molar-refractivity contribution in [2.24, 2.45) is 5.92 Å². The van der Waals surface area contributed by atoms with Gasteiger partial charge < -0.3 is 9.80 Å². The van der Waals surface area contributed by atoms with Crippen molar-refractivity contribution >= 4 is 11.8 Å². The lowest BCUT2D eigenvalue weighted by atomic mass is 9.93. The Balaban J connectivity index is 1.89. The molecule has 2 aliphatic rings. The van der Waals surface area contributed by atoms with Crippen LogP contribution in [-0.2, 0) is 9.59 Å². The number of amides is 2. The lowest BCUT2D eigenvalue weighted by Crippen LogP contribution is -2.45. The second-order valence-electron chi connectivity index (χ2n) is 5.87. The first kappa shape index (κ1) is 14.8. The highest BCUT2D eigenvalue weighted by Gasteiger charge is 2.30. The normalized spacial score (nSPS) is 21.1. The van der Waals surface area contributed by atoms with Gasteiger partial charge in [0.15, 0.2) is 0 Å². The van der Waals surface area contributed by atoms with Gasteiger partial charge in [-0.05, 0) is 39.2 Å². The van der Waals surface area contributed by atoms with Crippen LogP contribution in [0.2, 0.25) is 0 Å². The van der Waals surface area contributed by atoms with Crippen molar-refractivity contribution in [3.63, 3.8) is 0 Å². The van der Waals surface area contributed by atoms with E-state index in [0.717, 1.165) is 32.4 Å². The number of nitrogens with zero attached hydrogens (tertiary/aromatic N) is 2. The van der Waals surface area contributed by atoms with E-state index >= 15 is 0 Å². The minimum Gasteiger partial charge on any atom is -0.339 e. The van der Waals surface area contributed by atoms with Crippen LogP contribution in [0.1, 0.15) is 33.1 Å². The summed E-state index contributed by atoms with van der Waals surface area (Å²) in [5.41, 5.74) is 2.74. The summed E-state index contributed by atoms with van der Waals surface area (Å²) < 4.78 is 0. The van der Waals surface area contributed by atoms with Crippen molar-refractivity contribution < 1.29 is 9.59 Å². The Morgan fingerprint density at radius 2 is 1.75 bits per heavy atom. The molecule has 0 atom stereocenters. The summed E-state index contributed by atoms with van der Waals surface area (Å²) >= 11 is 0. The molecular formula is C16H24N2O2. The summed E-state index contributed by atoms with van der Waals surface area (Å²) in [5, 5.41) is 0. The monoisotopic (exact) mass is 276 g/mol. The van der Waals surface area contributed by atoms with E-state index in [9.17, 15) is 9.59 Å². The Kier molecular flexibility index (Phi) is 4.63. The van der Waals surface area contributed by atoms with Crippen LogP contribution in [0.25, 0.3) is 0 Å². The minimum absolute atomic E-state index is 0.0247. The number of carbonyl (C=O) groups is 2. The van der Waals surface area contributed by atoms with Gasteiger partial charge in [0.1, 0.15) is 0 Å². The maximum Gasteiger partial charge on any atom is 0.245 e. The zero-order valence-corrected chi connectivity index (χ0v) is 12.5. The van der Waals surface area contributed by atoms with E-state index < -0.39 is 0 Å². The van der Waals surface area contributed by atoms with Crippen LogP contribution in [0, 0.1) is 5.92 Å². The molecule has 2 rings (SSSR count). The number of hydrogen-bond acceptors (Lipinski definition) is 2. The van der Waals surface area contributed by atoms with Crippen molar-refractivity contribution in [1.29, 1.82) is 0 Å². The topological polar surface area (TPSA) is 40.6 Å². The predicted octanol–water partition coefficient (Wildman–Crippen LogP) is 1.98. The van der Waals surface area contributed by atoms with Gasteiger partial charge in [-0.1, -0.05) is 17.7 Å². The third-order valence-electron chi connectivity index (χ3n) is 4.56. The van der Waals surface area contributed by atoms with Gasteiger partial charge >= 0.3 is 0 Å². The van der Waals surface area contributed by atoms with Crippen LogP contribution < -0.4 is 0 Å². The highest BCUT2D eigenvalue weighted by Crippen LogP contribution is 2.23. The summed E-state index contributed by atoms with van der Waals surface area (Å²) in [7, 11) is 0. The highest BCUT2D eigenvalue weighted by atomic mass is 16.2. The summed E-state index contributed by atoms with van der Waals surface area (Å²) in [6, 6.07) is 0. The molecule has 0 saturated carbocycles. The molecule has 1 saturated heterocycles. The molecule has 0 aromatic rings. The Bertz CT molecular complexity index is 445. The fraction of sp³-hybridized carbons (Fsp3) is 0.625. The molecule has 0 bridgehead atoms. The molecule has 110 valence electrons. The maximum absolute atomic E-state index is 12.5. The second-order valence-corrected chi connectivity index (χ2v) is 5.87. The summed E-state index contributed by atoms with van der Waals surface area (Å²) in [5.74, 6) is 0.320. The quantitative estimate of drug-likeness (QED) is 0.571. The van der Waals surface area contributed by atoms with Gasteiger partial charge in [-0.2, -0.15) is 0 Å². The van der Waals surface area contributed by atoms with Crippen LogP contribution in [0.4, 0.5) is 0 Å². The largest absolute Gasteiger partial charge is 0.339 e. The molecule has 0 N–H and O–H groups in total. The van der Waals surface area contributed by atoms with Gasteiger partial charge in [-0.15, -0.1) is 0 Å². The molecule has 20 heavy (non-hydrogen) atoms. The number of carbonyl (C=O) groups excluding carboxylic acids is 2. The number of likely N-dealkylation sites (tertiary alicyclic amines) is 1. The minimum atomic E-state index is -0.0247. The molecule has 1 fully saturated rings. The Morgan fingerprint density at radius 3 is 2.30 bits per heavy atom. The average Bonchev–Trinajstić information content (AvgIpc) is 2.48. The van der Waals surface area contributed by atoms with Gasteiger partial charge in [0.05, 0.1) is 0 Å². The molecule has 2 heterocycles. The van der Waals surface area contributed by atoms with Gasteiger partial charge in [-0.3, -0.25) is 9.59 Å². The van der Waals surface area contributed by atoms with Crippen LogP contribution in [0.5, 0.6) is 0 Å². The Hall–Kier alpha value is -1.58.